The van der Waals surface area contributed by atoms with E-state index < -0.39 is 0 Å². The van der Waals surface area contributed by atoms with Gasteiger partial charge in [0, 0.05) is 6.42 Å². The van der Waals surface area contributed by atoms with Crippen LogP contribution in [0.4, 0.5) is 5.69 Å². The molecule has 0 fully saturated rings. The Kier molecular flexibility index (Phi) is 5.72. The average Bonchev–Trinajstić information content (AvgIpc) is 3.20. The minimum absolute atomic E-state index is 0.0578. The second-order valence-corrected chi connectivity index (χ2v) is 7.20. The minimum atomic E-state index is 0.0578. The van der Waals surface area contributed by atoms with Crippen LogP contribution in [0.25, 0.3) is 0 Å². The Morgan fingerprint density at radius 3 is 2.31 bits per heavy atom. The van der Waals surface area contributed by atoms with Gasteiger partial charge in [-0.15, -0.1) is 0 Å². The second-order valence-electron chi connectivity index (χ2n) is 6.79. The van der Waals surface area contributed by atoms with Gasteiger partial charge in [-0.3, -0.25) is 5.01 Å². The molecule has 0 aromatic heterocycles. The highest BCUT2D eigenvalue weighted by atomic mass is 35.5. The summed E-state index contributed by atoms with van der Waals surface area (Å²) in [7, 11) is 1.67. The maximum Gasteiger partial charge on any atom is 0.119 e. The number of hydrazone groups is 1. The summed E-state index contributed by atoms with van der Waals surface area (Å²) in [5.41, 5.74) is 4.17. The Hall–Kier alpha value is -2.98. The predicted octanol–water partition coefficient (Wildman–Crippen LogP) is 6.10. The fraction of sp³-hybridized carbons (Fsp3) is 0.208. The first kappa shape index (κ1) is 19.3. The molecule has 148 valence electrons. The summed E-state index contributed by atoms with van der Waals surface area (Å²) in [4.78, 5) is 0. The number of hydrogen-bond donors (Lipinski definition) is 0. The molecule has 4 rings (SSSR count). The van der Waals surface area contributed by atoms with Crippen LogP contribution < -0.4 is 14.5 Å². The van der Waals surface area contributed by atoms with E-state index in [0.29, 0.717) is 11.6 Å². The summed E-state index contributed by atoms with van der Waals surface area (Å²) in [5.74, 6) is 1.70. The van der Waals surface area contributed by atoms with E-state index >= 15 is 0 Å². The molecule has 1 aliphatic heterocycles. The number of para-hydroxylation sites is 1. The van der Waals surface area contributed by atoms with Crippen molar-refractivity contribution in [1.82, 2.24) is 0 Å². The fourth-order valence-electron chi connectivity index (χ4n) is 3.54. The summed E-state index contributed by atoms with van der Waals surface area (Å²) < 4.78 is 10.9. The van der Waals surface area contributed by atoms with Crippen LogP contribution in [-0.2, 0) is 0 Å². The van der Waals surface area contributed by atoms with Gasteiger partial charge in [0.05, 0.1) is 36.2 Å². The van der Waals surface area contributed by atoms with Gasteiger partial charge in [-0.25, -0.2) is 0 Å². The molecule has 0 saturated heterocycles. The number of benzene rings is 3. The molecule has 4 nitrogen and oxygen atoms in total. The standard InChI is InChI=1S/C24H23ClN2O2/c1-3-29-20-14-8-17(9-15-20)22-16-24(18-10-12-19(28-2)13-11-18)27(26-22)23-7-5-4-6-21(23)25/h4-15,24H,3,16H2,1-2H3/t24-/m1/s1. The van der Waals surface area contributed by atoms with E-state index in [1.807, 2.05) is 60.5 Å². The van der Waals surface area contributed by atoms with Gasteiger partial charge >= 0.3 is 0 Å². The third-order valence-electron chi connectivity index (χ3n) is 5.01. The first-order valence-corrected chi connectivity index (χ1v) is 10.1. The van der Waals surface area contributed by atoms with Crippen molar-refractivity contribution in [2.75, 3.05) is 18.7 Å². The molecule has 3 aromatic carbocycles. The summed E-state index contributed by atoms with van der Waals surface area (Å²) in [5, 5.41) is 7.67. The molecular formula is C24H23ClN2O2. The fourth-order valence-corrected chi connectivity index (χ4v) is 3.76. The molecule has 0 unspecified atom stereocenters. The minimum Gasteiger partial charge on any atom is -0.497 e. The Balaban J connectivity index is 1.70. The Bertz CT molecular complexity index is 1000. The lowest BCUT2D eigenvalue weighted by molar-refractivity contribution is 0.340. The van der Waals surface area contributed by atoms with Crippen molar-refractivity contribution in [2.24, 2.45) is 5.10 Å². The molecule has 0 amide bonds. The van der Waals surface area contributed by atoms with Crippen LogP contribution in [0.5, 0.6) is 11.5 Å². The molecule has 0 bridgehead atoms. The normalized spacial score (nSPS) is 15.9. The van der Waals surface area contributed by atoms with E-state index in [2.05, 4.69) is 24.3 Å². The lowest BCUT2D eigenvalue weighted by Crippen LogP contribution is -2.18. The van der Waals surface area contributed by atoms with E-state index in [4.69, 9.17) is 26.2 Å². The predicted molar refractivity (Wildman–Crippen MR) is 118 cm³/mol. The van der Waals surface area contributed by atoms with Crippen molar-refractivity contribution in [2.45, 2.75) is 19.4 Å². The van der Waals surface area contributed by atoms with Crippen LogP contribution in [0.3, 0.4) is 0 Å². The van der Waals surface area contributed by atoms with E-state index in [1.54, 1.807) is 7.11 Å². The Labute approximate surface area is 176 Å². The van der Waals surface area contributed by atoms with Gasteiger partial charge in [-0.2, -0.15) is 5.10 Å². The molecule has 1 aliphatic rings. The molecule has 0 aliphatic carbocycles. The van der Waals surface area contributed by atoms with E-state index in [9.17, 15) is 0 Å². The summed E-state index contributed by atoms with van der Waals surface area (Å²) in [6.07, 6.45) is 0.783. The first-order valence-electron chi connectivity index (χ1n) is 9.68. The molecule has 0 saturated carbocycles. The number of halogens is 1. The zero-order valence-electron chi connectivity index (χ0n) is 16.5. The summed E-state index contributed by atoms with van der Waals surface area (Å²) in [6.45, 7) is 2.63. The van der Waals surface area contributed by atoms with Crippen molar-refractivity contribution >= 4 is 23.0 Å². The first-order chi connectivity index (χ1) is 14.2. The summed E-state index contributed by atoms with van der Waals surface area (Å²) >= 11 is 6.51. The van der Waals surface area contributed by atoms with Gasteiger partial charge in [0.2, 0.25) is 0 Å². The lowest BCUT2D eigenvalue weighted by atomic mass is 9.98. The van der Waals surface area contributed by atoms with Crippen LogP contribution >= 0.6 is 11.6 Å². The maximum absolute atomic E-state index is 6.51. The second kappa shape index (κ2) is 8.58. The van der Waals surface area contributed by atoms with Gasteiger partial charge in [-0.1, -0.05) is 35.9 Å². The zero-order chi connectivity index (χ0) is 20.2. The van der Waals surface area contributed by atoms with Gasteiger partial charge in [0.25, 0.3) is 0 Å². The van der Waals surface area contributed by atoms with Crippen molar-refractivity contribution < 1.29 is 9.47 Å². The highest BCUT2D eigenvalue weighted by Crippen LogP contribution is 2.40. The number of anilines is 1. The number of methoxy groups -OCH3 is 1. The molecule has 0 spiro atoms. The van der Waals surface area contributed by atoms with Gasteiger partial charge < -0.3 is 9.47 Å². The Morgan fingerprint density at radius 2 is 1.66 bits per heavy atom. The highest BCUT2D eigenvalue weighted by Gasteiger charge is 2.31. The topological polar surface area (TPSA) is 34.1 Å². The molecule has 5 heteroatoms. The monoisotopic (exact) mass is 406 g/mol. The van der Waals surface area contributed by atoms with Crippen molar-refractivity contribution in [3.05, 3.63) is 88.9 Å². The SMILES string of the molecule is CCOc1ccc(C2=NN(c3ccccc3Cl)[C@@H](c3ccc(OC)cc3)C2)cc1. The molecule has 29 heavy (non-hydrogen) atoms. The quantitative estimate of drug-likeness (QED) is 0.495. The smallest absolute Gasteiger partial charge is 0.119 e. The highest BCUT2D eigenvalue weighted by molar-refractivity contribution is 6.33. The maximum atomic E-state index is 6.51. The molecule has 1 heterocycles. The average molecular weight is 407 g/mol. The van der Waals surface area contributed by atoms with Gasteiger partial charge in [-0.05, 0) is 66.6 Å². The number of ether oxygens (including phenoxy) is 2. The number of hydrogen-bond acceptors (Lipinski definition) is 4. The zero-order valence-corrected chi connectivity index (χ0v) is 17.3. The van der Waals surface area contributed by atoms with E-state index in [0.717, 1.165) is 40.4 Å². The van der Waals surface area contributed by atoms with E-state index in [1.165, 1.54) is 0 Å². The van der Waals surface area contributed by atoms with Gasteiger partial charge in [0.15, 0.2) is 0 Å². The van der Waals surface area contributed by atoms with Crippen molar-refractivity contribution in [3.63, 3.8) is 0 Å². The van der Waals surface area contributed by atoms with Crippen LogP contribution in [0.1, 0.15) is 30.5 Å². The molecule has 1 atom stereocenters. The molecule has 3 aromatic rings. The molecule has 0 radical (unpaired) electrons. The number of nitrogens with zero attached hydrogens (tertiary/aromatic N) is 2. The van der Waals surface area contributed by atoms with Crippen LogP contribution in [0, 0.1) is 0 Å². The number of rotatable bonds is 6. The van der Waals surface area contributed by atoms with Crippen LogP contribution in [-0.4, -0.2) is 19.4 Å². The van der Waals surface area contributed by atoms with Gasteiger partial charge in [0.1, 0.15) is 11.5 Å². The summed E-state index contributed by atoms with van der Waals surface area (Å²) in [6, 6.07) is 24.1. The van der Waals surface area contributed by atoms with Crippen LogP contribution in [0.2, 0.25) is 5.02 Å². The third-order valence-corrected chi connectivity index (χ3v) is 5.33. The Morgan fingerprint density at radius 1 is 0.966 bits per heavy atom. The molecule has 0 N–H and O–H groups in total. The van der Waals surface area contributed by atoms with Crippen LogP contribution in [0.15, 0.2) is 77.9 Å². The van der Waals surface area contributed by atoms with Crippen molar-refractivity contribution in [3.8, 4) is 11.5 Å². The lowest BCUT2D eigenvalue weighted by Gasteiger charge is -2.25. The third kappa shape index (κ3) is 4.08. The van der Waals surface area contributed by atoms with E-state index in [-0.39, 0.29) is 6.04 Å². The van der Waals surface area contributed by atoms with Crippen molar-refractivity contribution in [1.29, 1.82) is 0 Å². The molecular weight excluding hydrogens is 384 g/mol. The largest absolute Gasteiger partial charge is 0.497 e.